The van der Waals surface area contributed by atoms with Crippen LogP contribution >= 0.6 is 0 Å². The van der Waals surface area contributed by atoms with E-state index < -0.39 is 5.97 Å². The molecule has 0 bridgehead atoms. The normalized spacial score (nSPS) is 11.6. The fourth-order valence-electron chi connectivity index (χ4n) is 2.17. The Balaban J connectivity index is 2.61. The topological polar surface area (TPSA) is 71.3 Å². The van der Waals surface area contributed by atoms with E-state index in [0.29, 0.717) is 17.8 Å². The fraction of sp³-hybridized carbons (Fsp3) is 0.375. The second-order valence-electron chi connectivity index (χ2n) is 6.41. The van der Waals surface area contributed by atoms with E-state index in [1.165, 1.54) is 12.1 Å². The van der Waals surface area contributed by atoms with Gasteiger partial charge in [-0.25, -0.2) is 4.79 Å². The zero-order valence-electron chi connectivity index (χ0n) is 12.7. The summed E-state index contributed by atoms with van der Waals surface area (Å²) in [6.07, 6.45) is 1.82. The number of aromatic nitrogens is 1. The predicted octanol–water partition coefficient (Wildman–Crippen LogP) is 2.55. The molecule has 5 nitrogen and oxygen atoms in total. The van der Waals surface area contributed by atoms with Crippen molar-refractivity contribution >= 4 is 5.97 Å². The van der Waals surface area contributed by atoms with Gasteiger partial charge in [-0.05, 0) is 30.5 Å². The van der Waals surface area contributed by atoms with E-state index in [4.69, 9.17) is 0 Å². The van der Waals surface area contributed by atoms with Crippen molar-refractivity contribution in [1.82, 2.24) is 4.68 Å². The van der Waals surface area contributed by atoms with Crippen molar-refractivity contribution in [2.45, 2.75) is 27.7 Å². The van der Waals surface area contributed by atoms with Gasteiger partial charge in [0, 0.05) is 23.9 Å². The quantitative estimate of drug-likeness (QED) is 0.910. The molecule has 1 aliphatic heterocycles. The molecule has 0 amide bonds. The summed E-state index contributed by atoms with van der Waals surface area (Å²) >= 11 is 0. The molecule has 21 heavy (non-hydrogen) atoms. The van der Waals surface area contributed by atoms with Crippen LogP contribution in [0.3, 0.4) is 0 Å². The van der Waals surface area contributed by atoms with Crippen molar-refractivity contribution < 1.29 is 9.90 Å². The van der Waals surface area contributed by atoms with Crippen LogP contribution in [0.4, 0.5) is 0 Å². The molecule has 0 saturated heterocycles. The zero-order chi connectivity index (χ0) is 15.8. The maximum atomic E-state index is 11.6. The third-order valence-electron chi connectivity index (χ3n) is 3.28. The van der Waals surface area contributed by atoms with Crippen LogP contribution in [0, 0.1) is 12.3 Å². The summed E-state index contributed by atoms with van der Waals surface area (Å²) in [5, 5.41) is 9.46. The van der Waals surface area contributed by atoms with E-state index in [2.05, 4.69) is 26.2 Å². The Bertz CT molecular complexity index is 711. The summed E-state index contributed by atoms with van der Waals surface area (Å²) in [4.78, 5) is 23.1. The van der Waals surface area contributed by atoms with Crippen molar-refractivity contribution in [1.29, 1.82) is 0 Å². The van der Waals surface area contributed by atoms with E-state index >= 15 is 0 Å². The summed E-state index contributed by atoms with van der Waals surface area (Å²) in [6, 6.07) is 4.47. The minimum atomic E-state index is -1.03. The summed E-state index contributed by atoms with van der Waals surface area (Å²) in [5.41, 5.74) is 5.03. The first-order valence-electron chi connectivity index (χ1n) is 6.82. The highest BCUT2D eigenvalue weighted by atomic mass is 16.4. The largest absolute Gasteiger partial charge is 0.478 e. The van der Waals surface area contributed by atoms with Gasteiger partial charge >= 0.3 is 5.97 Å². The monoisotopic (exact) mass is 288 g/mol. The molecule has 1 heterocycles. The van der Waals surface area contributed by atoms with Gasteiger partial charge in [-0.3, -0.25) is 9.47 Å². The Kier molecular flexibility index (Phi) is 3.77. The van der Waals surface area contributed by atoms with Crippen LogP contribution in [-0.4, -0.2) is 22.3 Å². The standard InChI is InChI=1S/C16H20N2O3/c1-10-14(15(20)21)13-7-12(19)6-5-11(13)8-18(10)17-9-16(2,3)4/h5-8,17H,9H2,1-4H3,(H,20,21). The highest BCUT2D eigenvalue weighted by Crippen LogP contribution is 2.27. The van der Waals surface area contributed by atoms with Crippen LogP contribution in [0.25, 0.3) is 11.1 Å². The second kappa shape index (κ2) is 5.24. The molecule has 0 aromatic rings. The lowest BCUT2D eigenvalue weighted by Crippen LogP contribution is -2.29. The van der Waals surface area contributed by atoms with Gasteiger partial charge in [0.25, 0.3) is 0 Å². The van der Waals surface area contributed by atoms with E-state index in [-0.39, 0.29) is 16.4 Å². The van der Waals surface area contributed by atoms with Gasteiger partial charge in [-0.1, -0.05) is 20.8 Å². The number of carboxylic acid groups (broad SMARTS) is 1. The molecule has 0 aromatic carbocycles. The van der Waals surface area contributed by atoms with E-state index in [1.54, 1.807) is 17.7 Å². The van der Waals surface area contributed by atoms with Crippen LogP contribution in [0.2, 0.25) is 0 Å². The first kappa shape index (κ1) is 15.1. The number of nitrogens with one attached hydrogen (secondary N) is 1. The molecule has 5 heteroatoms. The molecule has 0 aromatic heterocycles. The maximum Gasteiger partial charge on any atom is 0.338 e. The summed E-state index contributed by atoms with van der Waals surface area (Å²) in [7, 11) is 0. The summed E-state index contributed by atoms with van der Waals surface area (Å²) < 4.78 is 1.72. The Morgan fingerprint density at radius 1 is 1.33 bits per heavy atom. The van der Waals surface area contributed by atoms with Crippen molar-refractivity contribution in [3.8, 4) is 11.1 Å². The molecule has 0 fully saturated rings. The predicted molar refractivity (Wildman–Crippen MR) is 82.7 cm³/mol. The Labute approximate surface area is 123 Å². The first-order valence-corrected chi connectivity index (χ1v) is 6.82. The fourth-order valence-corrected chi connectivity index (χ4v) is 2.17. The summed E-state index contributed by atoms with van der Waals surface area (Å²) in [6.45, 7) is 8.72. The molecule has 0 saturated carbocycles. The Morgan fingerprint density at radius 2 is 2.00 bits per heavy atom. The lowest BCUT2D eigenvalue weighted by Gasteiger charge is -2.25. The van der Waals surface area contributed by atoms with Crippen LogP contribution < -0.4 is 10.9 Å². The van der Waals surface area contributed by atoms with Gasteiger partial charge < -0.3 is 10.5 Å². The van der Waals surface area contributed by atoms with Crippen LogP contribution in [0.5, 0.6) is 0 Å². The maximum absolute atomic E-state index is 11.6. The molecule has 2 N–H and O–H groups in total. The van der Waals surface area contributed by atoms with Gasteiger partial charge in [0.05, 0.1) is 11.3 Å². The minimum Gasteiger partial charge on any atom is -0.478 e. The van der Waals surface area contributed by atoms with Gasteiger partial charge in [0.2, 0.25) is 0 Å². The third-order valence-corrected chi connectivity index (χ3v) is 3.28. The molecule has 2 aliphatic rings. The van der Waals surface area contributed by atoms with Crippen LogP contribution in [-0.2, 0) is 0 Å². The average molecular weight is 288 g/mol. The molecule has 0 spiro atoms. The second-order valence-corrected chi connectivity index (χ2v) is 6.41. The number of fused-ring (bicyclic) bond motifs is 1. The van der Waals surface area contributed by atoms with E-state index in [1.807, 2.05) is 6.20 Å². The Hall–Kier alpha value is -2.30. The molecular weight excluding hydrogens is 268 g/mol. The number of aromatic carboxylic acids is 1. The number of benzene rings is 1. The van der Waals surface area contributed by atoms with E-state index in [9.17, 15) is 14.7 Å². The lowest BCUT2D eigenvalue weighted by atomic mass is 9.97. The molecule has 2 rings (SSSR count). The number of rotatable bonds is 3. The number of hydrogen-bond acceptors (Lipinski definition) is 3. The Morgan fingerprint density at radius 3 is 2.57 bits per heavy atom. The van der Waals surface area contributed by atoms with Gasteiger partial charge in [-0.15, -0.1) is 0 Å². The van der Waals surface area contributed by atoms with Gasteiger partial charge in [0.15, 0.2) is 5.43 Å². The number of pyridine rings is 1. The smallest absolute Gasteiger partial charge is 0.338 e. The van der Waals surface area contributed by atoms with Gasteiger partial charge in [-0.2, -0.15) is 0 Å². The number of hydrogen-bond donors (Lipinski definition) is 2. The van der Waals surface area contributed by atoms with Crippen molar-refractivity contribution in [3.63, 3.8) is 0 Å². The molecule has 0 radical (unpaired) electrons. The molecule has 1 aliphatic carbocycles. The first-order chi connectivity index (χ1) is 9.69. The van der Waals surface area contributed by atoms with Crippen molar-refractivity contribution in [3.05, 3.63) is 45.9 Å². The number of carbonyl (C=O) groups is 1. The van der Waals surface area contributed by atoms with Crippen molar-refractivity contribution in [2.24, 2.45) is 5.41 Å². The number of carboxylic acids is 1. The molecule has 0 atom stereocenters. The van der Waals surface area contributed by atoms with Gasteiger partial charge in [0.1, 0.15) is 0 Å². The number of nitrogens with zero attached hydrogens (tertiary/aromatic N) is 1. The van der Waals surface area contributed by atoms with Crippen molar-refractivity contribution in [2.75, 3.05) is 12.0 Å². The van der Waals surface area contributed by atoms with E-state index in [0.717, 1.165) is 5.56 Å². The molecule has 112 valence electrons. The minimum absolute atomic E-state index is 0.0661. The lowest BCUT2D eigenvalue weighted by molar-refractivity contribution is 0.0696. The SMILES string of the molecule is Cc1c(C(=O)O)c2cc(=O)ccc-2cn1NCC(C)(C)C. The molecular formula is C16H20N2O3. The summed E-state index contributed by atoms with van der Waals surface area (Å²) in [5.74, 6) is -1.03. The highest BCUT2D eigenvalue weighted by Gasteiger charge is 2.20. The van der Waals surface area contributed by atoms with Crippen LogP contribution in [0.15, 0.2) is 29.2 Å². The molecule has 0 unspecified atom stereocenters. The highest BCUT2D eigenvalue weighted by molar-refractivity contribution is 5.97. The third kappa shape index (κ3) is 3.24. The van der Waals surface area contributed by atoms with Crippen LogP contribution in [0.1, 0.15) is 36.8 Å². The average Bonchev–Trinajstić information content (AvgIpc) is 2.34. The zero-order valence-corrected chi connectivity index (χ0v) is 12.7.